The maximum absolute atomic E-state index is 2.67. The van der Waals surface area contributed by atoms with E-state index in [1.807, 2.05) is 7.16 Å². The van der Waals surface area contributed by atoms with Crippen molar-refractivity contribution in [3.8, 4) is 0 Å². The van der Waals surface area contributed by atoms with E-state index >= 15 is 0 Å². The average molecular weight is 686 g/mol. The van der Waals surface area contributed by atoms with Gasteiger partial charge >= 0.3 is 236 Å². The third kappa shape index (κ3) is 12.4. The summed E-state index contributed by atoms with van der Waals surface area (Å²) in [6.07, 6.45) is 26.2. The molecule has 0 spiro atoms. The van der Waals surface area contributed by atoms with Crippen molar-refractivity contribution < 1.29 is 0 Å². The molecule has 0 unspecified atom stereocenters. The van der Waals surface area contributed by atoms with Gasteiger partial charge in [0, 0.05) is 0 Å². The first-order chi connectivity index (χ1) is 16.0. The molecule has 0 fully saturated rings. The zero-order valence-electron chi connectivity index (χ0n) is 23.3. The van der Waals surface area contributed by atoms with E-state index in [1.54, 1.807) is 0 Å². The molecule has 0 bridgehead atoms. The van der Waals surface area contributed by atoms with Crippen LogP contribution in [-0.4, -0.2) is 42.3 Å². The number of unbranched alkanes of at least 4 members (excludes halogenated alkanes) is 6. The normalized spacial score (nSPS) is 12.5. The van der Waals surface area contributed by atoms with Crippen LogP contribution in [0.3, 0.4) is 0 Å². The van der Waals surface area contributed by atoms with E-state index in [4.69, 9.17) is 0 Å². The second-order valence-electron chi connectivity index (χ2n) is 10.6. The Balaban J connectivity index is 3.20. The van der Waals surface area contributed by atoms with Crippen molar-refractivity contribution in [3.63, 3.8) is 0 Å². The van der Waals surface area contributed by atoms with Gasteiger partial charge in [-0.1, -0.05) is 0 Å². The summed E-state index contributed by atoms with van der Waals surface area (Å²) in [5, 5.41) is 5.34. The summed E-state index contributed by atoms with van der Waals surface area (Å²) in [5.41, 5.74) is 0. The van der Waals surface area contributed by atoms with E-state index in [-0.39, 0.29) is 0 Å². The first kappa shape index (κ1) is 32.3. The Kier molecular flexibility index (Phi) is 19.0. The average Bonchev–Trinajstić information content (AvgIpc) is 3.26. The zero-order valence-corrected chi connectivity index (χ0v) is 29.8. The number of thiophene rings is 1. The van der Waals surface area contributed by atoms with Crippen LogP contribution in [0.25, 0.3) is 0 Å². The topological polar surface area (TPSA) is 0 Å². The molecular formula is C30H56SSn2. The Labute approximate surface area is 233 Å². The molecule has 0 aromatic carbocycles. The van der Waals surface area contributed by atoms with Gasteiger partial charge in [-0.3, -0.25) is 0 Å². The molecule has 0 aliphatic heterocycles. The number of hydrogen-bond acceptors (Lipinski definition) is 1. The van der Waals surface area contributed by atoms with Crippen LogP contribution in [0.15, 0.2) is 10.8 Å². The van der Waals surface area contributed by atoms with Crippen LogP contribution < -0.4 is 7.16 Å². The van der Waals surface area contributed by atoms with Gasteiger partial charge in [0.2, 0.25) is 0 Å². The van der Waals surface area contributed by atoms with Crippen LogP contribution in [0.1, 0.15) is 157 Å². The number of rotatable bonds is 22. The van der Waals surface area contributed by atoms with Crippen LogP contribution in [0.4, 0.5) is 0 Å². The minimum absolute atomic E-state index is 0.587. The molecule has 1 aromatic rings. The molecule has 0 amide bonds. The summed E-state index contributed by atoms with van der Waals surface area (Å²) in [5.74, 6) is 0. The first-order valence-electron chi connectivity index (χ1n) is 14.7. The van der Waals surface area contributed by atoms with Crippen molar-refractivity contribution in [2.45, 2.75) is 164 Å². The molecule has 0 aliphatic rings. The fourth-order valence-corrected chi connectivity index (χ4v) is 20.8. The molecule has 190 valence electrons. The molecule has 0 atom stereocenters. The van der Waals surface area contributed by atoms with Gasteiger partial charge in [0.05, 0.1) is 0 Å². The molecule has 4 radical (unpaired) electrons. The summed E-state index contributed by atoms with van der Waals surface area (Å²) in [6, 6.07) is 0. The van der Waals surface area contributed by atoms with Crippen LogP contribution >= 0.6 is 11.3 Å². The summed E-state index contributed by atoms with van der Waals surface area (Å²) in [6.45, 7) is 14.4. The van der Waals surface area contributed by atoms with Gasteiger partial charge in [0.1, 0.15) is 0 Å². The fraction of sp³-hybridized carbons (Fsp3) is 0.867. The quantitative estimate of drug-likeness (QED) is 0.107. The molecule has 1 rings (SSSR count). The summed E-state index contributed by atoms with van der Waals surface area (Å²) >= 11 is 0.902. The zero-order chi connectivity index (χ0) is 24.4. The molecule has 3 heteroatoms. The van der Waals surface area contributed by atoms with Crippen LogP contribution in [0, 0.1) is 0 Å². The van der Waals surface area contributed by atoms with Gasteiger partial charge in [-0.25, -0.2) is 0 Å². The molecule has 0 N–H and O–H groups in total. The molecule has 0 saturated heterocycles. The Morgan fingerprint density at radius 2 is 0.727 bits per heavy atom. The van der Waals surface area contributed by atoms with Crippen molar-refractivity contribution in [3.05, 3.63) is 10.8 Å². The first-order valence-corrected chi connectivity index (χ1v) is 21.3. The third-order valence-corrected chi connectivity index (χ3v) is 22.7. The Morgan fingerprint density at radius 3 is 0.939 bits per heavy atom. The molecule has 0 saturated carbocycles. The minimum atomic E-state index is -0.587. The SMILES string of the molecule is CCCC[C](CCCC)(CCCC)[Sn][c]1csc[c]1[Sn][C](CCCC)(CCCC)CCCC. The molecule has 33 heavy (non-hydrogen) atoms. The summed E-state index contributed by atoms with van der Waals surface area (Å²) in [7, 11) is 0. The third-order valence-electron chi connectivity index (χ3n) is 7.51. The predicted octanol–water partition coefficient (Wildman–Crippen LogP) is 9.87. The van der Waals surface area contributed by atoms with Crippen molar-refractivity contribution in [2.24, 2.45) is 0 Å². The molecule has 1 heterocycles. The molecule has 0 aliphatic carbocycles. The van der Waals surface area contributed by atoms with Crippen molar-refractivity contribution in [1.29, 1.82) is 0 Å². The predicted molar refractivity (Wildman–Crippen MR) is 158 cm³/mol. The van der Waals surface area contributed by atoms with Crippen LogP contribution in [0.5, 0.6) is 0 Å². The van der Waals surface area contributed by atoms with Gasteiger partial charge < -0.3 is 0 Å². The second kappa shape index (κ2) is 19.4. The monoisotopic (exact) mass is 688 g/mol. The standard InChI is InChI=1S/2C13H27.C4H2S.2Sn/c2*1-4-7-10-13(11-8-5-2)12-9-6-3;1-2-4-5-3-1;;/h2*4-12H2,1-3H3;3-4H;;. The van der Waals surface area contributed by atoms with E-state index in [0.29, 0.717) is 0 Å². The van der Waals surface area contributed by atoms with Gasteiger partial charge in [-0.2, -0.15) is 0 Å². The van der Waals surface area contributed by atoms with E-state index in [9.17, 15) is 0 Å². The van der Waals surface area contributed by atoms with Gasteiger partial charge in [-0.15, -0.1) is 0 Å². The van der Waals surface area contributed by atoms with Crippen molar-refractivity contribution >= 4 is 60.8 Å². The van der Waals surface area contributed by atoms with Crippen molar-refractivity contribution in [2.75, 3.05) is 0 Å². The van der Waals surface area contributed by atoms with Gasteiger partial charge in [-0.05, 0) is 0 Å². The van der Waals surface area contributed by atoms with E-state index < -0.39 is 42.3 Å². The Bertz CT molecular complexity index is 488. The van der Waals surface area contributed by atoms with Crippen molar-refractivity contribution in [1.82, 2.24) is 0 Å². The molecule has 1 aromatic heterocycles. The van der Waals surface area contributed by atoms with E-state index in [1.165, 1.54) is 116 Å². The Hall–Kier alpha value is 1.30. The Morgan fingerprint density at radius 1 is 0.485 bits per heavy atom. The summed E-state index contributed by atoms with van der Waals surface area (Å²) < 4.78 is 5.43. The number of hydrogen-bond donors (Lipinski definition) is 0. The fourth-order valence-electron chi connectivity index (χ4n) is 5.28. The van der Waals surface area contributed by atoms with Crippen LogP contribution in [0.2, 0.25) is 6.86 Å². The molecule has 0 nitrogen and oxygen atoms in total. The second-order valence-corrected chi connectivity index (χ2v) is 21.9. The van der Waals surface area contributed by atoms with Crippen LogP contribution in [-0.2, 0) is 0 Å². The van der Waals surface area contributed by atoms with Gasteiger partial charge in [0.25, 0.3) is 0 Å². The van der Waals surface area contributed by atoms with Gasteiger partial charge in [0.15, 0.2) is 0 Å². The summed E-state index contributed by atoms with van der Waals surface area (Å²) in [4.78, 5) is 0. The van der Waals surface area contributed by atoms with E-state index in [0.717, 1.165) is 6.86 Å². The van der Waals surface area contributed by atoms with E-state index in [2.05, 4.69) is 63.6 Å². The maximum atomic E-state index is 2.67. The molecular weight excluding hydrogens is 630 g/mol.